The average Bonchev–Trinajstić information content (AvgIpc) is 2.91. The molecule has 94 valence electrons. The van der Waals surface area contributed by atoms with Crippen molar-refractivity contribution >= 4 is 22.3 Å². The van der Waals surface area contributed by atoms with Crippen molar-refractivity contribution in [2.45, 2.75) is 6.92 Å². The molecule has 0 bridgehead atoms. The monoisotopic (exact) mass is 268 g/mol. The Morgan fingerprint density at radius 1 is 1.00 bits per heavy atom. The second kappa shape index (κ2) is 5.16. The second-order valence-corrected chi connectivity index (χ2v) is 4.95. The fourth-order valence-electron chi connectivity index (χ4n) is 1.65. The molecule has 0 aliphatic heterocycles. The molecule has 0 unspecified atom stereocenters. The maximum atomic E-state index is 4.54. The molecule has 0 aliphatic rings. The van der Waals surface area contributed by atoms with Crippen molar-refractivity contribution in [1.82, 2.24) is 15.2 Å². The summed E-state index contributed by atoms with van der Waals surface area (Å²) in [6, 6.07) is 13.9. The van der Waals surface area contributed by atoms with Gasteiger partial charge in [-0.3, -0.25) is 0 Å². The minimum absolute atomic E-state index is 0.708. The third-order valence-electron chi connectivity index (χ3n) is 2.61. The number of anilines is 2. The number of thiazole rings is 1. The van der Waals surface area contributed by atoms with E-state index >= 15 is 0 Å². The highest BCUT2D eigenvalue weighted by molar-refractivity contribution is 7.14. The van der Waals surface area contributed by atoms with Gasteiger partial charge in [0.1, 0.15) is 0 Å². The van der Waals surface area contributed by atoms with Gasteiger partial charge in [-0.2, -0.15) is 5.10 Å². The first-order chi connectivity index (χ1) is 9.31. The molecule has 2 aromatic heterocycles. The standard InChI is InChI=1S/C14H12N4S/c1-10-7-8-13(18-17-10)16-14-15-12(9-19-14)11-5-3-2-4-6-11/h2-9H,1H3,(H,15,16,18). The molecule has 0 fully saturated rings. The van der Waals surface area contributed by atoms with Crippen LogP contribution in [-0.2, 0) is 0 Å². The summed E-state index contributed by atoms with van der Waals surface area (Å²) in [7, 11) is 0. The predicted octanol–water partition coefficient (Wildman–Crippen LogP) is 3.65. The molecule has 4 nitrogen and oxygen atoms in total. The summed E-state index contributed by atoms with van der Waals surface area (Å²) in [5.74, 6) is 0.708. The lowest BCUT2D eigenvalue weighted by Gasteiger charge is -2.00. The first-order valence-corrected chi connectivity index (χ1v) is 6.77. The van der Waals surface area contributed by atoms with Crippen LogP contribution in [0.3, 0.4) is 0 Å². The number of rotatable bonds is 3. The van der Waals surface area contributed by atoms with Gasteiger partial charge in [-0.05, 0) is 19.1 Å². The van der Waals surface area contributed by atoms with Crippen molar-refractivity contribution in [3.63, 3.8) is 0 Å². The fraction of sp³-hybridized carbons (Fsp3) is 0.0714. The lowest BCUT2D eigenvalue weighted by Crippen LogP contribution is -1.95. The lowest BCUT2D eigenvalue weighted by atomic mass is 10.2. The van der Waals surface area contributed by atoms with Crippen LogP contribution in [0, 0.1) is 6.92 Å². The molecule has 1 N–H and O–H groups in total. The summed E-state index contributed by atoms with van der Waals surface area (Å²) < 4.78 is 0. The van der Waals surface area contributed by atoms with Crippen molar-refractivity contribution < 1.29 is 0 Å². The largest absolute Gasteiger partial charge is 0.315 e. The van der Waals surface area contributed by atoms with Crippen LogP contribution in [0.25, 0.3) is 11.3 Å². The zero-order valence-corrected chi connectivity index (χ0v) is 11.2. The first-order valence-electron chi connectivity index (χ1n) is 5.89. The Labute approximate surface area is 115 Å². The number of aryl methyl sites for hydroxylation is 1. The summed E-state index contributed by atoms with van der Waals surface area (Å²) in [6.45, 7) is 1.91. The Morgan fingerprint density at radius 3 is 2.58 bits per heavy atom. The number of nitrogens with zero attached hydrogens (tertiary/aromatic N) is 3. The molecule has 19 heavy (non-hydrogen) atoms. The fourth-order valence-corrected chi connectivity index (χ4v) is 2.37. The van der Waals surface area contributed by atoms with Crippen LogP contribution in [-0.4, -0.2) is 15.2 Å². The van der Waals surface area contributed by atoms with Crippen LogP contribution in [0.15, 0.2) is 47.8 Å². The van der Waals surface area contributed by atoms with E-state index in [1.807, 2.05) is 54.8 Å². The van der Waals surface area contributed by atoms with Crippen molar-refractivity contribution in [1.29, 1.82) is 0 Å². The molecule has 3 rings (SSSR count). The molecular formula is C14H12N4S. The summed E-state index contributed by atoms with van der Waals surface area (Å²) in [6.07, 6.45) is 0. The van der Waals surface area contributed by atoms with Crippen LogP contribution in [0.5, 0.6) is 0 Å². The Kier molecular flexibility index (Phi) is 3.20. The van der Waals surface area contributed by atoms with Gasteiger partial charge in [0, 0.05) is 10.9 Å². The summed E-state index contributed by atoms with van der Waals surface area (Å²) in [5, 5.41) is 14.1. The minimum atomic E-state index is 0.708. The maximum Gasteiger partial charge on any atom is 0.188 e. The molecular weight excluding hydrogens is 256 g/mol. The van der Waals surface area contributed by atoms with E-state index < -0.39 is 0 Å². The number of hydrogen-bond donors (Lipinski definition) is 1. The summed E-state index contributed by atoms with van der Waals surface area (Å²) in [5.41, 5.74) is 2.98. The van der Waals surface area contributed by atoms with Gasteiger partial charge in [0.15, 0.2) is 10.9 Å². The highest BCUT2D eigenvalue weighted by Gasteiger charge is 2.04. The Balaban J connectivity index is 1.80. The molecule has 3 aromatic rings. The Bertz CT molecular complexity index is 661. The molecule has 0 saturated carbocycles. The predicted molar refractivity (Wildman–Crippen MR) is 77.6 cm³/mol. The van der Waals surface area contributed by atoms with E-state index in [1.165, 1.54) is 0 Å². The van der Waals surface area contributed by atoms with Gasteiger partial charge in [-0.15, -0.1) is 16.4 Å². The van der Waals surface area contributed by atoms with E-state index in [0.717, 1.165) is 22.1 Å². The van der Waals surface area contributed by atoms with Crippen LogP contribution < -0.4 is 5.32 Å². The molecule has 5 heteroatoms. The number of nitrogens with one attached hydrogen (secondary N) is 1. The summed E-state index contributed by atoms with van der Waals surface area (Å²) in [4.78, 5) is 4.54. The molecule has 0 radical (unpaired) electrons. The van der Waals surface area contributed by atoms with Gasteiger partial charge >= 0.3 is 0 Å². The highest BCUT2D eigenvalue weighted by Crippen LogP contribution is 2.26. The minimum Gasteiger partial charge on any atom is -0.315 e. The SMILES string of the molecule is Cc1ccc(Nc2nc(-c3ccccc3)cs2)nn1. The van der Waals surface area contributed by atoms with Gasteiger partial charge in [0.25, 0.3) is 0 Å². The number of hydrogen-bond acceptors (Lipinski definition) is 5. The topological polar surface area (TPSA) is 50.7 Å². The van der Waals surface area contributed by atoms with Gasteiger partial charge in [0.05, 0.1) is 11.4 Å². The van der Waals surface area contributed by atoms with Crippen molar-refractivity contribution in [2.75, 3.05) is 5.32 Å². The van der Waals surface area contributed by atoms with E-state index in [2.05, 4.69) is 20.5 Å². The molecule has 0 saturated heterocycles. The molecule has 2 heterocycles. The maximum absolute atomic E-state index is 4.54. The quantitative estimate of drug-likeness (QED) is 0.787. The van der Waals surface area contributed by atoms with Gasteiger partial charge < -0.3 is 5.32 Å². The normalized spacial score (nSPS) is 10.4. The van der Waals surface area contributed by atoms with E-state index in [9.17, 15) is 0 Å². The zero-order valence-electron chi connectivity index (χ0n) is 10.4. The van der Waals surface area contributed by atoms with E-state index in [4.69, 9.17) is 0 Å². The van der Waals surface area contributed by atoms with Gasteiger partial charge in [-0.25, -0.2) is 4.98 Å². The number of aromatic nitrogens is 3. The van der Waals surface area contributed by atoms with Crippen molar-refractivity contribution in [3.8, 4) is 11.3 Å². The van der Waals surface area contributed by atoms with E-state index in [1.54, 1.807) is 11.3 Å². The third kappa shape index (κ3) is 2.77. The van der Waals surface area contributed by atoms with Crippen molar-refractivity contribution in [3.05, 3.63) is 53.5 Å². The van der Waals surface area contributed by atoms with Crippen LogP contribution in [0.4, 0.5) is 10.9 Å². The Morgan fingerprint density at radius 2 is 1.84 bits per heavy atom. The van der Waals surface area contributed by atoms with Gasteiger partial charge in [0.2, 0.25) is 0 Å². The average molecular weight is 268 g/mol. The highest BCUT2D eigenvalue weighted by atomic mass is 32.1. The van der Waals surface area contributed by atoms with Crippen LogP contribution in [0.2, 0.25) is 0 Å². The molecule has 1 aromatic carbocycles. The second-order valence-electron chi connectivity index (χ2n) is 4.09. The zero-order chi connectivity index (χ0) is 13.1. The van der Waals surface area contributed by atoms with E-state index in [-0.39, 0.29) is 0 Å². The molecule has 0 aliphatic carbocycles. The molecule has 0 amide bonds. The lowest BCUT2D eigenvalue weighted by molar-refractivity contribution is 0.985. The van der Waals surface area contributed by atoms with E-state index in [0.29, 0.717) is 5.82 Å². The summed E-state index contributed by atoms with van der Waals surface area (Å²) >= 11 is 1.55. The number of benzene rings is 1. The van der Waals surface area contributed by atoms with Gasteiger partial charge in [-0.1, -0.05) is 30.3 Å². The Hall–Kier alpha value is -2.27. The molecule has 0 spiro atoms. The van der Waals surface area contributed by atoms with Crippen molar-refractivity contribution in [2.24, 2.45) is 0 Å². The first kappa shape index (κ1) is 11.8. The third-order valence-corrected chi connectivity index (χ3v) is 3.36. The smallest absolute Gasteiger partial charge is 0.188 e. The van der Waals surface area contributed by atoms with Crippen LogP contribution >= 0.6 is 11.3 Å². The molecule has 0 atom stereocenters. The van der Waals surface area contributed by atoms with Crippen LogP contribution in [0.1, 0.15) is 5.69 Å².